The predicted octanol–water partition coefficient (Wildman–Crippen LogP) is -0.756. The summed E-state index contributed by atoms with van der Waals surface area (Å²) in [6.45, 7) is 12.9. The van der Waals surface area contributed by atoms with E-state index in [1.807, 2.05) is 27.7 Å². The smallest absolute Gasteiger partial charge is 0.326 e. The van der Waals surface area contributed by atoms with Gasteiger partial charge >= 0.3 is 11.9 Å². The van der Waals surface area contributed by atoms with Gasteiger partial charge in [0.25, 0.3) is 0 Å². The summed E-state index contributed by atoms with van der Waals surface area (Å²) < 4.78 is 0. The number of nitrogens with one attached hydrogen (secondary N) is 10. The maximum Gasteiger partial charge on any atom is 0.326 e. The van der Waals surface area contributed by atoms with Gasteiger partial charge in [-0.1, -0.05) is 97.0 Å². The van der Waals surface area contributed by atoms with E-state index >= 15 is 0 Å². The normalized spacial score (nSPS) is 16.6. The summed E-state index contributed by atoms with van der Waals surface area (Å²) in [5.74, 6) is -12.6. The van der Waals surface area contributed by atoms with Gasteiger partial charge in [-0.15, -0.1) is 0 Å². The molecule has 4 rings (SSSR count). The molecule has 29 heteroatoms. The van der Waals surface area contributed by atoms with Crippen molar-refractivity contribution in [3.05, 3.63) is 71.9 Å². The number of aromatic amines is 1. The lowest BCUT2D eigenvalue weighted by molar-refractivity contribution is -0.149. The van der Waals surface area contributed by atoms with Crippen molar-refractivity contribution in [2.45, 2.75) is 205 Å². The Morgan fingerprint density at radius 2 is 1.04 bits per heavy atom. The molecular formula is C64H97N13O16. The lowest BCUT2D eigenvalue weighted by Gasteiger charge is -2.30. The van der Waals surface area contributed by atoms with Crippen LogP contribution in [0.2, 0.25) is 0 Å². The van der Waals surface area contributed by atoms with E-state index < -0.39 is 157 Å². The minimum Gasteiger partial charge on any atom is -0.481 e. The number of H-pyrrole nitrogens is 1. The molecule has 12 atom stereocenters. The zero-order valence-corrected chi connectivity index (χ0v) is 54.3. The van der Waals surface area contributed by atoms with Crippen LogP contribution in [0.25, 0.3) is 10.9 Å². The average molecular weight is 1300 g/mol. The number of nitrogens with two attached hydrogens (primary N) is 2. The first-order valence-electron chi connectivity index (χ1n) is 31.8. The van der Waals surface area contributed by atoms with E-state index in [-0.39, 0.29) is 82.2 Å². The van der Waals surface area contributed by atoms with Gasteiger partial charge in [-0.05, 0) is 106 Å². The van der Waals surface area contributed by atoms with Crippen molar-refractivity contribution < 1.29 is 78.0 Å². The van der Waals surface area contributed by atoms with Crippen molar-refractivity contribution in [1.29, 1.82) is 0 Å². The molecule has 1 saturated heterocycles. The van der Waals surface area contributed by atoms with Gasteiger partial charge in [0, 0.05) is 36.5 Å². The average Bonchev–Trinajstić information content (AvgIpc) is 1.86. The van der Waals surface area contributed by atoms with Crippen LogP contribution >= 0.6 is 0 Å². The van der Waals surface area contributed by atoms with Gasteiger partial charge in [-0.25, -0.2) is 4.79 Å². The summed E-state index contributed by atoms with van der Waals surface area (Å²) in [5.41, 5.74) is 13.4. The van der Waals surface area contributed by atoms with Gasteiger partial charge < -0.3 is 89.6 Å². The van der Waals surface area contributed by atoms with Crippen LogP contribution in [-0.4, -0.2) is 194 Å². The molecule has 29 nitrogen and oxygen atoms in total. The summed E-state index contributed by atoms with van der Waals surface area (Å²) >= 11 is 0. The third kappa shape index (κ3) is 24.5. The minimum absolute atomic E-state index is 0.00726. The van der Waals surface area contributed by atoms with E-state index in [0.717, 1.165) is 0 Å². The van der Waals surface area contributed by atoms with E-state index in [4.69, 9.17) is 11.5 Å². The van der Waals surface area contributed by atoms with Crippen molar-refractivity contribution in [3.8, 4) is 0 Å². The number of unbranched alkanes of at least 4 members (excludes halogenated alkanes) is 1. The van der Waals surface area contributed by atoms with Crippen molar-refractivity contribution in [1.82, 2.24) is 57.7 Å². The second kappa shape index (κ2) is 37.8. The van der Waals surface area contributed by atoms with Gasteiger partial charge in [0.05, 0.1) is 25.2 Å². The number of aliphatic carboxylic acids is 2. The van der Waals surface area contributed by atoms with Crippen LogP contribution in [0.4, 0.5) is 0 Å². The number of carbonyl (C=O) groups excluding carboxylic acids is 10. The number of rotatable bonds is 39. The third-order valence-corrected chi connectivity index (χ3v) is 15.7. The number of likely N-dealkylation sites (tertiary alicyclic amines) is 1. The topological polar surface area (TPSA) is 465 Å². The minimum atomic E-state index is -1.97. The summed E-state index contributed by atoms with van der Waals surface area (Å²) in [4.78, 5) is 170. The van der Waals surface area contributed by atoms with Crippen LogP contribution in [-0.2, 0) is 70.4 Å². The van der Waals surface area contributed by atoms with Crippen LogP contribution in [0.3, 0.4) is 0 Å². The molecule has 0 radical (unpaired) electrons. The fourth-order valence-corrected chi connectivity index (χ4v) is 10.7. The van der Waals surface area contributed by atoms with Crippen molar-refractivity contribution >= 4 is 81.9 Å². The van der Waals surface area contributed by atoms with E-state index in [1.54, 1.807) is 81.6 Å². The van der Waals surface area contributed by atoms with Crippen LogP contribution in [0.1, 0.15) is 131 Å². The summed E-state index contributed by atoms with van der Waals surface area (Å²) in [7, 11) is 0. The molecule has 18 N–H and O–H groups in total. The maximum absolute atomic E-state index is 14.9. The Bertz CT molecular complexity index is 3030. The first-order valence-corrected chi connectivity index (χ1v) is 31.8. The fourth-order valence-electron chi connectivity index (χ4n) is 10.7. The van der Waals surface area contributed by atoms with Crippen molar-refractivity contribution in [3.63, 3.8) is 0 Å². The number of benzene rings is 2. The second-order valence-electron chi connectivity index (χ2n) is 25.0. The number of carboxylic acid groups (broad SMARTS) is 2. The molecule has 0 unspecified atom stereocenters. The number of aliphatic hydroxyl groups excluding tert-OH is 2. The van der Waals surface area contributed by atoms with Gasteiger partial charge in [0.15, 0.2) is 0 Å². The third-order valence-electron chi connectivity index (χ3n) is 15.7. The highest BCUT2D eigenvalue weighted by atomic mass is 16.4. The molecule has 0 aliphatic carbocycles. The standard InChI is InChI=1S/C64H97N13O16/c1-9-41(66)54(82)76-53(37(8)79)62(90)73-46(29-38-18-11-10-12-19-38)58(86)75-50(33-78)61(89)72-48(31-52(80)81)60(88)70-44(26-34(2)3)56(84)71-47(30-39-32-67-42-21-14-13-20-40(39)42)59(87)68-43(22-15-16-24-65)55(83)69-45(27-35(4)5)57(85)74-49(28-36(6)7)63(91)77-25-17-23-51(77)64(92)93/h10-14,18-21,32,34-37,41,43-51,53,67,78-79H,9,15-17,22-31,33,65-66H2,1-8H3,(H,68,87)(H,69,83)(H,70,88)(H,71,84)(H,72,89)(H,73,90)(H,74,85)(H,75,86)(H,76,82)(H,80,81)(H,92,93)/t37-,41+,43+,44+,45+,46+,47+,48+,49+,50+,51+,53+/m1/s1. The molecule has 0 saturated carbocycles. The van der Waals surface area contributed by atoms with Gasteiger partial charge in [-0.2, -0.15) is 0 Å². The quantitative estimate of drug-likeness (QED) is 0.0312. The Morgan fingerprint density at radius 1 is 0.570 bits per heavy atom. The number of aromatic nitrogens is 1. The molecule has 10 amide bonds. The van der Waals surface area contributed by atoms with E-state index in [0.29, 0.717) is 41.3 Å². The Balaban J connectivity index is 1.63. The Labute approximate surface area is 541 Å². The lowest BCUT2D eigenvalue weighted by atomic mass is 9.98. The molecule has 0 bridgehead atoms. The molecule has 3 aromatic rings. The van der Waals surface area contributed by atoms with E-state index in [2.05, 4.69) is 52.8 Å². The van der Waals surface area contributed by atoms with Crippen molar-refractivity contribution in [2.75, 3.05) is 19.7 Å². The highest BCUT2D eigenvalue weighted by Gasteiger charge is 2.41. The van der Waals surface area contributed by atoms with Crippen LogP contribution in [0.15, 0.2) is 60.8 Å². The molecule has 2 heterocycles. The Hall–Kier alpha value is -8.54. The zero-order valence-electron chi connectivity index (χ0n) is 54.3. The highest BCUT2D eigenvalue weighted by molar-refractivity contribution is 6.00. The predicted molar refractivity (Wildman–Crippen MR) is 342 cm³/mol. The molecule has 2 aromatic carbocycles. The highest BCUT2D eigenvalue weighted by Crippen LogP contribution is 2.23. The van der Waals surface area contributed by atoms with Gasteiger partial charge in [-0.3, -0.25) is 52.7 Å². The van der Waals surface area contributed by atoms with Crippen LogP contribution < -0.4 is 59.3 Å². The molecule has 1 aliphatic heterocycles. The molecular weight excluding hydrogens is 1210 g/mol. The largest absolute Gasteiger partial charge is 0.481 e. The maximum atomic E-state index is 14.9. The van der Waals surface area contributed by atoms with Crippen LogP contribution in [0.5, 0.6) is 0 Å². The molecule has 93 heavy (non-hydrogen) atoms. The summed E-state index contributed by atoms with van der Waals surface area (Å²) in [6.07, 6.45) is 0.464. The zero-order chi connectivity index (χ0) is 69.2. The number of para-hydroxylation sites is 1. The van der Waals surface area contributed by atoms with E-state index in [9.17, 15) is 78.0 Å². The number of nitrogens with zero attached hydrogens (tertiary/aromatic N) is 1. The first kappa shape index (κ1) is 76.9. The Kier molecular flexibility index (Phi) is 31.3. The molecule has 1 aliphatic rings. The SMILES string of the molecule is CC[C@H](N)C(=O)N[C@H](C(=O)N[C@@H](Cc1ccccc1)C(=O)N[C@@H](CO)C(=O)N[C@@H](CC(=O)O)C(=O)N[C@@H](CC(C)C)C(=O)N[C@@H](Cc1c[nH]c2ccccc12)C(=O)N[C@@H](CCCCN)C(=O)N[C@@H](CC(C)C)C(=O)N[C@@H](CC(C)C)C(=O)N1CCC[C@H]1C(=O)O)[C@@H](C)O. The second-order valence-corrected chi connectivity index (χ2v) is 25.0. The fraction of sp³-hybridized carbons (Fsp3) is 0.594. The van der Waals surface area contributed by atoms with Crippen LogP contribution in [0, 0.1) is 17.8 Å². The number of fused-ring (bicyclic) bond motifs is 1. The number of amides is 10. The molecule has 514 valence electrons. The first-order chi connectivity index (χ1) is 44.0. The van der Waals surface area contributed by atoms with Crippen molar-refractivity contribution in [2.24, 2.45) is 29.2 Å². The Morgan fingerprint density at radius 3 is 1.59 bits per heavy atom. The summed E-state index contributed by atoms with van der Waals surface area (Å²) in [6, 6.07) is -0.427. The van der Waals surface area contributed by atoms with Gasteiger partial charge in [0.1, 0.15) is 60.4 Å². The van der Waals surface area contributed by atoms with E-state index in [1.165, 1.54) is 11.8 Å². The number of carboxylic acids is 2. The molecule has 1 aromatic heterocycles. The van der Waals surface area contributed by atoms with Gasteiger partial charge in [0.2, 0.25) is 59.1 Å². The number of aliphatic hydroxyl groups is 2. The number of hydrogen-bond acceptors (Lipinski definition) is 16. The molecule has 0 spiro atoms. The monoisotopic (exact) mass is 1300 g/mol. The summed E-state index contributed by atoms with van der Waals surface area (Å²) in [5, 5.41) is 64.5. The lowest BCUT2D eigenvalue weighted by Crippen LogP contribution is -2.62. The number of carbonyl (C=O) groups is 12. The molecule has 1 fully saturated rings. The number of hydrogen-bond donors (Lipinski definition) is 16.